The lowest BCUT2D eigenvalue weighted by Gasteiger charge is -1.75. The van der Waals surface area contributed by atoms with Crippen molar-refractivity contribution in [3.05, 3.63) is 12.3 Å². The predicted molar refractivity (Wildman–Crippen MR) is 27.1 cm³/mol. The SMILES string of the molecule is O=CCCC=CO. The molecule has 0 aromatic heterocycles. The van der Waals surface area contributed by atoms with Gasteiger partial charge in [0, 0.05) is 6.42 Å². The maximum Gasteiger partial charge on any atom is 0.120 e. The van der Waals surface area contributed by atoms with Gasteiger partial charge in [-0.15, -0.1) is 0 Å². The highest BCUT2D eigenvalue weighted by Gasteiger charge is 1.73. The number of carbonyl (C=O) groups is 1. The molecule has 2 nitrogen and oxygen atoms in total. The van der Waals surface area contributed by atoms with Gasteiger partial charge in [0.25, 0.3) is 0 Å². The Morgan fingerprint density at radius 3 is 2.57 bits per heavy atom. The van der Waals surface area contributed by atoms with Crippen LogP contribution in [0.4, 0.5) is 0 Å². The van der Waals surface area contributed by atoms with Crippen molar-refractivity contribution in [2.24, 2.45) is 0 Å². The molecular weight excluding hydrogens is 92.1 g/mol. The fourth-order valence-electron chi connectivity index (χ4n) is 0.239. The summed E-state index contributed by atoms with van der Waals surface area (Å²) in [6.07, 6.45) is 4.44. The molecule has 0 atom stereocenters. The van der Waals surface area contributed by atoms with E-state index in [0.717, 1.165) is 12.5 Å². The van der Waals surface area contributed by atoms with E-state index < -0.39 is 0 Å². The van der Waals surface area contributed by atoms with Gasteiger partial charge < -0.3 is 9.90 Å². The molecule has 0 aliphatic rings. The van der Waals surface area contributed by atoms with E-state index >= 15 is 0 Å². The van der Waals surface area contributed by atoms with Gasteiger partial charge in [-0.05, 0) is 12.5 Å². The topological polar surface area (TPSA) is 37.3 Å². The Hall–Kier alpha value is -0.790. The maximum atomic E-state index is 9.56. The standard InChI is InChI=1S/C5H8O2/c6-4-2-1-3-5-7/h2,4-6H,1,3H2. The quantitative estimate of drug-likeness (QED) is 0.327. The third-order valence-electron chi connectivity index (χ3n) is 0.557. The molecule has 0 aromatic carbocycles. The minimum absolute atomic E-state index is 0.497. The molecule has 0 heterocycles. The number of unbranched alkanes of at least 4 members (excludes halogenated alkanes) is 1. The van der Waals surface area contributed by atoms with Gasteiger partial charge in [-0.1, -0.05) is 0 Å². The van der Waals surface area contributed by atoms with Gasteiger partial charge in [0.1, 0.15) is 6.29 Å². The van der Waals surface area contributed by atoms with Gasteiger partial charge >= 0.3 is 0 Å². The van der Waals surface area contributed by atoms with E-state index in [2.05, 4.69) is 0 Å². The molecular formula is C5H8O2. The van der Waals surface area contributed by atoms with Crippen LogP contribution in [0.3, 0.4) is 0 Å². The number of carbonyl (C=O) groups excluding carboxylic acids is 1. The zero-order valence-corrected chi connectivity index (χ0v) is 4.00. The van der Waals surface area contributed by atoms with Crippen molar-refractivity contribution in [1.29, 1.82) is 0 Å². The molecule has 40 valence electrons. The second-order valence-corrected chi connectivity index (χ2v) is 1.13. The minimum Gasteiger partial charge on any atom is -0.516 e. The zero-order valence-electron chi connectivity index (χ0n) is 4.00. The average Bonchev–Trinajstić information content (AvgIpc) is 1.69. The van der Waals surface area contributed by atoms with E-state index in [1.807, 2.05) is 0 Å². The first-order valence-corrected chi connectivity index (χ1v) is 2.14. The molecule has 7 heavy (non-hydrogen) atoms. The van der Waals surface area contributed by atoms with Crippen molar-refractivity contribution in [2.45, 2.75) is 12.8 Å². The molecule has 0 fully saturated rings. The average molecular weight is 100 g/mol. The lowest BCUT2D eigenvalue weighted by molar-refractivity contribution is -0.107. The first-order chi connectivity index (χ1) is 3.41. The van der Waals surface area contributed by atoms with Crippen molar-refractivity contribution in [3.63, 3.8) is 0 Å². The number of rotatable bonds is 3. The summed E-state index contributed by atoms with van der Waals surface area (Å²) >= 11 is 0. The van der Waals surface area contributed by atoms with E-state index in [9.17, 15) is 4.79 Å². The van der Waals surface area contributed by atoms with E-state index in [-0.39, 0.29) is 0 Å². The van der Waals surface area contributed by atoms with Gasteiger partial charge in [0.15, 0.2) is 0 Å². The fourth-order valence-corrected chi connectivity index (χ4v) is 0.239. The van der Waals surface area contributed by atoms with Crippen LogP contribution in [0.15, 0.2) is 12.3 Å². The Balaban J connectivity index is 2.82. The van der Waals surface area contributed by atoms with Crippen LogP contribution in [0.2, 0.25) is 0 Å². The van der Waals surface area contributed by atoms with Crippen molar-refractivity contribution in [2.75, 3.05) is 0 Å². The second-order valence-electron chi connectivity index (χ2n) is 1.13. The summed E-state index contributed by atoms with van der Waals surface area (Å²) in [6.45, 7) is 0. The molecule has 0 aliphatic heterocycles. The summed E-state index contributed by atoms with van der Waals surface area (Å²) in [4.78, 5) is 9.56. The number of aliphatic hydroxyl groups excluding tert-OH is 1. The highest BCUT2D eigenvalue weighted by atomic mass is 16.2. The van der Waals surface area contributed by atoms with Crippen LogP contribution in [0.1, 0.15) is 12.8 Å². The Kier molecular flexibility index (Phi) is 4.62. The molecule has 0 rings (SSSR count). The van der Waals surface area contributed by atoms with Crippen LogP contribution in [0.5, 0.6) is 0 Å². The monoisotopic (exact) mass is 100 g/mol. The lowest BCUT2D eigenvalue weighted by Crippen LogP contribution is -1.68. The molecule has 0 aromatic rings. The maximum absolute atomic E-state index is 9.56. The van der Waals surface area contributed by atoms with Crippen molar-refractivity contribution >= 4 is 6.29 Å². The van der Waals surface area contributed by atoms with E-state index in [1.54, 1.807) is 0 Å². The molecule has 0 amide bonds. The van der Waals surface area contributed by atoms with Gasteiger partial charge in [-0.25, -0.2) is 0 Å². The van der Waals surface area contributed by atoms with E-state index in [1.165, 1.54) is 6.08 Å². The molecule has 0 unspecified atom stereocenters. The summed E-state index contributed by atoms with van der Waals surface area (Å²) < 4.78 is 0. The van der Waals surface area contributed by atoms with Crippen LogP contribution in [-0.2, 0) is 4.79 Å². The van der Waals surface area contributed by atoms with Crippen LogP contribution in [0.25, 0.3) is 0 Å². The Morgan fingerprint density at radius 2 is 2.14 bits per heavy atom. The van der Waals surface area contributed by atoms with Crippen LogP contribution in [-0.4, -0.2) is 11.4 Å². The highest BCUT2D eigenvalue weighted by Crippen LogP contribution is 1.83. The van der Waals surface area contributed by atoms with E-state index in [4.69, 9.17) is 5.11 Å². The first kappa shape index (κ1) is 6.21. The second kappa shape index (κ2) is 5.21. The Bertz CT molecular complexity index is 66.5. The summed E-state index contributed by atoms with van der Waals surface area (Å²) in [6, 6.07) is 0. The largest absolute Gasteiger partial charge is 0.516 e. The zero-order chi connectivity index (χ0) is 5.54. The molecule has 1 N–H and O–H groups in total. The number of aliphatic hydroxyl groups is 1. The fraction of sp³-hybridized carbons (Fsp3) is 0.400. The Labute approximate surface area is 42.5 Å². The van der Waals surface area contributed by atoms with Gasteiger partial charge in [-0.2, -0.15) is 0 Å². The summed E-state index contributed by atoms with van der Waals surface area (Å²) in [7, 11) is 0. The minimum atomic E-state index is 0.497. The normalized spacial score (nSPS) is 9.71. The number of aldehydes is 1. The van der Waals surface area contributed by atoms with Gasteiger partial charge in [0.2, 0.25) is 0 Å². The summed E-state index contributed by atoms with van der Waals surface area (Å²) in [5, 5.41) is 8.00. The molecule has 0 aliphatic carbocycles. The predicted octanol–water partition coefficient (Wildman–Crippen LogP) is 1.04. The van der Waals surface area contributed by atoms with Gasteiger partial charge in [0.05, 0.1) is 6.26 Å². The lowest BCUT2D eigenvalue weighted by atomic mass is 10.3. The highest BCUT2D eigenvalue weighted by molar-refractivity contribution is 5.49. The molecule has 0 saturated carbocycles. The first-order valence-electron chi connectivity index (χ1n) is 2.14. The van der Waals surface area contributed by atoms with Crippen molar-refractivity contribution in [1.82, 2.24) is 0 Å². The van der Waals surface area contributed by atoms with E-state index in [0.29, 0.717) is 12.8 Å². The molecule has 0 radical (unpaired) electrons. The third-order valence-corrected chi connectivity index (χ3v) is 0.557. The Morgan fingerprint density at radius 1 is 1.43 bits per heavy atom. The van der Waals surface area contributed by atoms with Crippen LogP contribution < -0.4 is 0 Å². The van der Waals surface area contributed by atoms with Gasteiger partial charge in [-0.3, -0.25) is 0 Å². The molecule has 0 bridgehead atoms. The van der Waals surface area contributed by atoms with Crippen LogP contribution in [0, 0.1) is 0 Å². The number of hydrogen-bond acceptors (Lipinski definition) is 2. The van der Waals surface area contributed by atoms with Crippen molar-refractivity contribution in [3.8, 4) is 0 Å². The summed E-state index contributed by atoms with van der Waals surface area (Å²) in [5.74, 6) is 0. The molecule has 0 spiro atoms. The summed E-state index contributed by atoms with van der Waals surface area (Å²) in [5.41, 5.74) is 0. The van der Waals surface area contributed by atoms with Crippen molar-refractivity contribution < 1.29 is 9.90 Å². The number of allylic oxidation sites excluding steroid dienone is 1. The number of hydrogen-bond donors (Lipinski definition) is 1. The third kappa shape index (κ3) is 5.21. The smallest absolute Gasteiger partial charge is 0.120 e. The molecule has 2 heteroatoms. The molecule has 0 saturated heterocycles. The van der Waals surface area contributed by atoms with Crippen LogP contribution >= 0.6 is 0 Å².